The molecule has 0 radical (unpaired) electrons. The molecule has 0 heterocycles. The topological polar surface area (TPSA) is 55.1 Å². The Hall–Kier alpha value is -1.14. The van der Waals surface area contributed by atoms with Gasteiger partial charge in [0.05, 0.1) is 5.69 Å². The standard InChI is InChI=1S/C15H22F2N2OS/c1-2-11(9-10-18)7-8-14(20)19-12-5-3-4-6-13(12)21-15(16)17/h3-6,11,15H,2,7-10,18H2,1H3,(H,19,20). The number of carbonyl (C=O) groups is 1. The molecule has 6 heteroatoms. The first-order valence-electron chi connectivity index (χ1n) is 7.10. The number of thioether (sulfide) groups is 1. The van der Waals surface area contributed by atoms with Crippen molar-refractivity contribution in [3.8, 4) is 0 Å². The minimum atomic E-state index is -2.50. The third kappa shape index (κ3) is 6.91. The summed E-state index contributed by atoms with van der Waals surface area (Å²) in [7, 11) is 0. The lowest BCUT2D eigenvalue weighted by molar-refractivity contribution is -0.116. The Morgan fingerprint density at radius 2 is 2.05 bits per heavy atom. The molecule has 21 heavy (non-hydrogen) atoms. The van der Waals surface area contributed by atoms with Crippen LogP contribution in [0.15, 0.2) is 29.2 Å². The van der Waals surface area contributed by atoms with Crippen molar-refractivity contribution in [1.82, 2.24) is 0 Å². The van der Waals surface area contributed by atoms with E-state index in [9.17, 15) is 13.6 Å². The van der Waals surface area contributed by atoms with Crippen LogP contribution in [0.2, 0.25) is 0 Å². The number of rotatable bonds is 9. The van der Waals surface area contributed by atoms with Gasteiger partial charge in [0.15, 0.2) is 0 Å². The molecule has 0 saturated heterocycles. The van der Waals surface area contributed by atoms with Crippen molar-refractivity contribution in [2.75, 3.05) is 11.9 Å². The van der Waals surface area contributed by atoms with E-state index in [0.717, 1.165) is 19.3 Å². The first-order chi connectivity index (χ1) is 10.1. The van der Waals surface area contributed by atoms with Crippen LogP contribution in [-0.4, -0.2) is 18.2 Å². The zero-order valence-corrected chi connectivity index (χ0v) is 13.0. The van der Waals surface area contributed by atoms with Crippen molar-refractivity contribution in [2.45, 2.75) is 43.3 Å². The molecular formula is C15H22F2N2OS. The maximum Gasteiger partial charge on any atom is 0.288 e. The lowest BCUT2D eigenvalue weighted by atomic mass is 9.96. The van der Waals surface area contributed by atoms with Crippen LogP contribution in [0.5, 0.6) is 0 Å². The van der Waals surface area contributed by atoms with Crippen LogP contribution in [0, 0.1) is 5.92 Å². The summed E-state index contributed by atoms with van der Waals surface area (Å²) in [5.41, 5.74) is 5.97. The Labute approximate surface area is 128 Å². The van der Waals surface area contributed by atoms with Crippen LogP contribution in [0.25, 0.3) is 0 Å². The van der Waals surface area contributed by atoms with Crippen molar-refractivity contribution in [3.05, 3.63) is 24.3 Å². The van der Waals surface area contributed by atoms with Crippen molar-refractivity contribution < 1.29 is 13.6 Å². The number of nitrogens with one attached hydrogen (secondary N) is 1. The molecule has 0 aliphatic carbocycles. The van der Waals surface area contributed by atoms with Gasteiger partial charge in [-0.25, -0.2) is 0 Å². The van der Waals surface area contributed by atoms with Crippen LogP contribution < -0.4 is 11.1 Å². The molecule has 0 aliphatic heterocycles. The molecule has 3 N–H and O–H groups in total. The second-order valence-electron chi connectivity index (χ2n) is 4.81. The van der Waals surface area contributed by atoms with Crippen LogP contribution in [0.3, 0.4) is 0 Å². The number of para-hydroxylation sites is 1. The monoisotopic (exact) mass is 316 g/mol. The number of anilines is 1. The van der Waals surface area contributed by atoms with E-state index < -0.39 is 5.76 Å². The molecule has 118 valence electrons. The Morgan fingerprint density at radius 1 is 1.33 bits per heavy atom. The highest BCUT2D eigenvalue weighted by atomic mass is 32.2. The van der Waals surface area contributed by atoms with E-state index in [1.54, 1.807) is 24.3 Å². The average molecular weight is 316 g/mol. The molecular weight excluding hydrogens is 294 g/mol. The van der Waals surface area contributed by atoms with Crippen molar-refractivity contribution in [2.24, 2.45) is 11.7 Å². The Bertz CT molecular complexity index is 443. The van der Waals surface area contributed by atoms with Crippen LogP contribution in [-0.2, 0) is 4.79 Å². The van der Waals surface area contributed by atoms with Crippen molar-refractivity contribution in [1.29, 1.82) is 0 Å². The molecule has 0 aliphatic rings. The third-order valence-electron chi connectivity index (χ3n) is 3.31. The molecule has 1 aromatic rings. The van der Waals surface area contributed by atoms with E-state index in [1.165, 1.54) is 0 Å². The van der Waals surface area contributed by atoms with E-state index >= 15 is 0 Å². The van der Waals surface area contributed by atoms with Crippen LogP contribution >= 0.6 is 11.8 Å². The molecule has 0 spiro atoms. The summed E-state index contributed by atoms with van der Waals surface area (Å²) >= 11 is 0.439. The normalized spacial score (nSPS) is 12.4. The predicted molar refractivity (Wildman–Crippen MR) is 83.6 cm³/mol. The molecule has 1 atom stereocenters. The van der Waals surface area contributed by atoms with E-state index in [2.05, 4.69) is 12.2 Å². The Morgan fingerprint density at radius 3 is 2.67 bits per heavy atom. The van der Waals surface area contributed by atoms with Gasteiger partial charge >= 0.3 is 0 Å². The molecule has 0 saturated carbocycles. The summed E-state index contributed by atoms with van der Waals surface area (Å²) in [4.78, 5) is 12.3. The summed E-state index contributed by atoms with van der Waals surface area (Å²) < 4.78 is 24.9. The average Bonchev–Trinajstić information content (AvgIpc) is 2.45. The largest absolute Gasteiger partial charge is 0.330 e. The van der Waals surface area contributed by atoms with Gasteiger partial charge in [0.25, 0.3) is 5.76 Å². The fourth-order valence-corrected chi connectivity index (χ4v) is 2.70. The quantitative estimate of drug-likeness (QED) is 0.675. The third-order valence-corrected chi connectivity index (χ3v) is 4.10. The van der Waals surface area contributed by atoms with Crippen molar-refractivity contribution in [3.63, 3.8) is 0 Å². The minimum absolute atomic E-state index is 0.146. The summed E-state index contributed by atoms with van der Waals surface area (Å²) in [6.07, 6.45) is 3.04. The lowest BCUT2D eigenvalue weighted by Gasteiger charge is -2.14. The second-order valence-corrected chi connectivity index (χ2v) is 5.85. The van der Waals surface area contributed by atoms with Crippen LogP contribution in [0.1, 0.15) is 32.6 Å². The highest BCUT2D eigenvalue weighted by molar-refractivity contribution is 7.99. The number of nitrogens with two attached hydrogens (primary N) is 1. The highest BCUT2D eigenvalue weighted by Crippen LogP contribution is 2.31. The number of carbonyl (C=O) groups excluding carboxylic acids is 1. The maximum atomic E-state index is 12.5. The zero-order valence-electron chi connectivity index (χ0n) is 12.1. The zero-order chi connectivity index (χ0) is 15.7. The molecule has 1 aromatic carbocycles. The molecule has 3 nitrogen and oxygen atoms in total. The number of hydrogen-bond donors (Lipinski definition) is 2. The molecule has 0 fully saturated rings. The van der Waals surface area contributed by atoms with Gasteiger partial charge in [0, 0.05) is 11.3 Å². The fraction of sp³-hybridized carbons (Fsp3) is 0.533. The first kappa shape index (κ1) is 17.9. The Kier molecular flexibility index (Phi) is 8.30. The number of halogens is 2. The minimum Gasteiger partial charge on any atom is -0.330 e. The number of hydrogen-bond acceptors (Lipinski definition) is 3. The SMILES string of the molecule is CCC(CCN)CCC(=O)Nc1ccccc1SC(F)F. The van der Waals surface area contributed by atoms with Gasteiger partial charge in [0.2, 0.25) is 5.91 Å². The van der Waals surface area contributed by atoms with Gasteiger partial charge in [-0.2, -0.15) is 8.78 Å². The number of amides is 1. The van der Waals surface area contributed by atoms with E-state index in [-0.39, 0.29) is 5.91 Å². The maximum absolute atomic E-state index is 12.5. The molecule has 1 amide bonds. The van der Waals surface area contributed by atoms with Gasteiger partial charge in [0.1, 0.15) is 0 Å². The van der Waals surface area contributed by atoms with E-state index in [4.69, 9.17) is 5.73 Å². The number of benzene rings is 1. The van der Waals surface area contributed by atoms with E-state index in [1.807, 2.05) is 0 Å². The molecule has 0 bridgehead atoms. The van der Waals surface area contributed by atoms with Crippen LogP contribution in [0.4, 0.5) is 14.5 Å². The second kappa shape index (κ2) is 9.73. The molecule has 1 unspecified atom stereocenters. The summed E-state index contributed by atoms with van der Waals surface area (Å²) in [6.45, 7) is 2.70. The summed E-state index contributed by atoms with van der Waals surface area (Å²) in [5.74, 6) is -2.21. The lowest BCUT2D eigenvalue weighted by Crippen LogP contribution is -2.15. The van der Waals surface area contributed by atoms with Gasteiger partial charge in [-0.05, 0) is 37.4 Å². The summed E-state index contributed by atoms with van der Waals surface area (Å²) in [5, 5.41) is 2.71. The first-order valence-corrected chi connectivity index (χ1v) is 7.98. The van der Waals surface area contributed by atoms with E-state index in [0.29, 0.717) is 41.2 Å². The Balaban J connectivity index is 2.54. The van der Waals surface area contributed by atoms with Gasteiger partial charge < -0.3 is 11.1 Å². The van der Waals surface area contributed by atoms with Gasteiger partial charge in [-0.1, -0.05) is 37.2 Å². The van der Waals surface area contributed by atoms with Crippen molar-refractivity contribution >= 4 is 23.4 Å². The molecule has 1 rings (SSSR count). The fourth-order valence-electron chi connectivity index (χ4n) is 2.10. The highest BCUT2D eigenvalue weighted by Gasteiger charge is 2.13. The smallest absolute Gasteiger partial charge is 0.288 e. The molecule has 0 aromatic heterocycles. The predicted octanol–water partition coefficient (Wildman–Crippen LogP) is 4.10. The number of alkyl halides is 2. The van der Waals surface area contributed by atoms with Gasteiger partial charge in [-0.3, -0.25) is 4.79 Å². The summed E-state index contributed by atoms with van der Waals surface area (Å²) in [6, 6.07) is 6.61. The van der Waals surface area contributed by atoms with Gasteiger partial charge in [-0.15, -0.1) is 0 Å².